The number of halogens is 4. The Bertz CT molecular complexity index is 579. The van der Waals surface area contributed by atoms with Crippen molar-refractivity contribution in [3.8, 4) is 0 Å². The molecule has 3 nitrogen and oxygen atoms in total. The van der Waals surface area contributed by atoms with E-state index >= 15 is 0 Å². The molecule has 0 saturated carbocycles. The second-order valence-corrected chi connectivity index (χ2v) is 5.87. The first-order valence-corrected chi connectivity index (χ1v) is 6.68. The molecule has 0 saturated heterocycles. The van der Waals surface area contributed by atoms with Gasteiger partial charge in [0.05, 0.1) is 5.56 Å². The fourth-order valence-corrected chi connectivity index (χ4v) is 1.73. The molecule has 0 aliphatic heterocycles. The van der Waals surface area contributed by atoms with Crippen molar-refractivity contribution in [3.63, 3.8) is 0 Å². The summed E-state index contributed by atoms with van der Waals surface area (Å²) in [4.78, 5) is 11.2. The van der Waals surface area contributed by atoms with E-state index in [9.17, 15) is 22.4 Å². The summed E-state index contributed by atoms with van der Waals surface area (Å²) in [5.74, 6) is -1.56. The molecule has 1 aromatic rings. The van der Waals surface area contributed by atoms with E-state index in [2.05, 4.69) is 5.32 Å². The number of rotatable bonds is 3. The van der Waals surface area contributed by atoms with Gasteiger partial charge in [-0.3, -0.25) is 4.79 Å². The summed E-state index contributed by atoms with van der Waals surface area (Å²) in [7, 11) is 0. The lowest BCUT2D eigenvalue weighted by molar-refractivity contribution is -0.153. The van der Waals surface area contributed by atoms with E-state index in [1.807, 2.05) is 0 Å². The van der Waals surface area contributed by atoms with Gasteiger partial charge in [0.25, 0.3) is 0 Å². The Labute approximate surface area is 130 Å². The molecular formula is C14H15F4NO2S. The standard InChI is InChI=1S/C14H15F4NO2S/c1-13(2,3)21-11(20)7-19-12(22)9-6-8(14(16,17)18)4-5-10(9)15/h4-6H,7H2,1-3H3,(H,19,22). The highest BCUT2D eigenvalue weighted by Crippen LogP contribution is 2.30. The van der Waals surface area contributed by atoms with Gasteiger partial charge < -0.3 is 10.1 Å². The summed E-state index contributed by atoms with van der Waals surface area (Å²) >= 11 is 4.82. The van der Waals surface area contributed by atoms with E-state index in [4.69, 9.17) is 17.0 Å². The van der Waals surface area contributed by atoms with Crippen LogP contribution in [0.3, 0.4) is 0 Å². The van der Waals surface area contributed by atoms with Crippen molar-refractivity contribution >= 4 is 23.2 Å². The zero-order valence-corrected chi connectivity index (χ0v) is 13.0. The number of nitrogens with one attached hydrogen (secondary N) is 1. The molecule has 122 valence electrons. The van der Waals surface area contributed by atoms with Crippen LogP contribution in [0.4, 0.5) is 17.6 Å². The highest BCUT2D eigenvalue weighted by atomic mass is 32.1. The van der Waals surface area contributed by atoms with Crippen LogP contribution in [0.25, 0.3) is 0 Å². The number of ether oxygens (including phenoxy) is 1. The SMILES string of the molecule is CC(C)(C)OC(=O)CNC(=S)c1cc(C(F)(F)F)ccc1F. The number of hydrogen-bond donors (Lipinski definition) is 1. The lowest BCUT2D eigenvalue weighted by atomic mass is 10.1. The minimum Gasteiger partial charge on any atom is -0.459 e. The highest BCUT2D eigenvalue weighted by Gasteiger charge is 2.31. The maximum absolute atomic E-state index is 13.6. The van der Waals surface area contributed by atoms with Crippen molar-refractivity contribution in [2.24, 2.45) is 0 Å². The van der Waals surface area contributed by atoms with Gasteiger partial charge in [-0.2, -0.15) is 13.2 Å². The van der Waals surface area contributed by atoms with Crippen LogP contribution in [-0.4, -0.2) is 23.1 Å². The molecule has 0 aromatic heterocycles. The van der Waals surface area contributed by atoms with Crippen molar-refractivity contribution in [2.45, 2.75) is 32.5 Å². The second kappa shape index (κ2) is 6.60. The summed E-state index contributed by atoms with van der Waals surface area (Å²) in [5, 5.41) is 2.39. The summed E-state index contributed by atoms with van der Waals surface area (Å²) in [6.45, 7) is 4.62. The van der Waals surface area contributed by atoms with E-state index in [1.54, 1.807) is 20.8 Å². The van der Waals surface area contributed by atoms with E-state index in [-0.39, 0.29) is 11.5 Å². The number of alkyl halides is 3. The topological polar surface area (TPSA) is 38.3 Å². The molecule has 0 bridgehead atoms. The Hall–Kier alpha value is -1.70. The minimum absolute atomic E-state index is 0.297. The summed E-state index contributed by atoms with van der Waals surface area (Å²) in [6, 6.07) is 1.90. The van der Waals surface area contributed by atoms with Crippen LogP contribution < -0.4 is 5.32 Å². The third-order valence-corrected chi connectivity index (χ3v) is 2.72. The molecule has 1 rings (SSSR count). The maximum atomic E-state index is 13.6. The van der Waals surface area contributed by atoms with Gasteiger partial charge in [0.15, 0.2) is 0 Å². The van der Waals surface area contributed by atoms with Crippen LogP contribution in [0.15, 0.2) is 18.2 Å². The van der Waals surface area contributed by atoms with E-state index in [0.717, 1.165) is 0 Å². The molecule has 0 aliphatic carbocycles. The molecule has 0 heterocycles. The zero-order valence-electron chi connectivity index (χ0n) is 12.2. The van der Waals surface area contributed by atoms with Gasteiger partial charge in [-0.05, 0) is 39.0 Å². The smallest absolute Gasteiger partial charge is 0.416 e. The van der Waals surface area contributed by atoms with Crippen molar-refractivity contribution in [2.75, 3.05) is 6.54 Å². The first kappa shape index (κ1) is 18.3. The van der Waals surface area contributed by atoms with Gasteiger partial charge in [0.2, 0.25) is 0 Å². The quantitative estimate of drug-likeness (QED) is 0.521. The number of carbonyl (C=O) groups is 1. The van der Waals surface area contributed by atoms with Gasteiger partial charge >= 0.3 is 12.1 Å². The maximum Gasteiger partial charge on any atom is 0.416 e. The fraction of sp³-hybridized carbons (Fsp3) is 0.429. The number of benzene rings is 1. The Morgan fingerprint density at radius 2 is 1.86 bits per heavy atom. The molecule has 8 heteroatoms. The minimum atomic E-state index is -4.61. The van der Waals surface area contributed by atoms with Crippen LogP contribution in [0, 0.1) is 5.82 Å². The van der Waals surface area contributed by atoms with Crippen molar-refractivity contribution in [3.05, 3.63) is 35.1 Å². The first-order valence-electron chi connectivity index (χ1n) is 6.27. The van der Waals surface area contributed by atoms with Crippen LogP contribution in [0.5, 0.6) is 0 Å². The largest absolute Gasteiger partial charge is 0.459 e. The van der Waals surface area contributed by atoms with Crippen molar-refractivity contribution in [1.29, 1.82) is 0 Å². The molecule has 0 aliphatic rings. The second-order valence-electron chi connectivity index (χ2n) is 5.46. The van der Waals surface area contributed by atoms with Crippen LogP contribution >= 0.6 is 12.2 Å². The number of hydrogen-bond acceptors (Lipinski definition) is 3. The lowest BCUT2D eigenvalue weighted by Gasteiger charge is -2.20. The van der Waals surface area contributed by atoms with Gasteiger partial charge in [0.1, 0.15) is 23.0 Å². The average Bonchev–Trinajstić information content (AvgIpc) is 2.33. The number of esters is 1. The predicted molar refractivity (Wildman–Crippen MR) is 76.9 cm³/mol. The Balaban J connectivity index is 2.80. The van der Waals surface area contributed by atoms with E-state index in [1.165, 1.54) is 0 Å². The molecule has 0 fully saturated rings. The molecule has 0 spiro atoms. The highest BCUT2D eigenvalue weighted by molar-refractivity contribution is 7.80. The van der Waals surface area contributed by atoms with E-state index in [0.29, 0.717) is 18.2 Å². The normalized spacial score (nSPS) is 12.0. The molecule has 22 heavy (non-hydrogen) atoms. The van der Waals surface area contributed by atoms with Crippen molar-refractivity contribution < 1.29 is 27.1 Å². The van der Waals surface area contributed by atoms with Gasteiger partial charge in [-0.1, -0.05) is 12.2 Å². The number of carbonyl (C=O) groups excluding carboxylic acids is 1. The monoisotopic (exact) mass is 337 g/mol. The molecular weight excluding hydrogens is 322 g/mol. The summed E-state index contributed by atoms with van der Waals surface area (Å²) in [5.41, 5.74) is -2.15. The molecule has 0 amide bonds. The Kier molecular flexibility index (Phi) is 5.50. The lowest BCUT2D eigenvalue weighted by Crippen LogP contribution is -2.34. The zero-order chi connectivity index (χ0) is 17.1. The Morgan fingerprint density at radius 3 is 2.36 bits per heavy atom. The van der Waals surface area contributed by atoms with E-state index < -0.39 is 34.7 Å². The molecule has 1 N–H and O–H groups in total. The van der Waals surface area contributed by atoms with Crippen LogP contribution in [0.2, 0.25) is 0 Å². The first-order chi connectivity index (χ1) is 9.90. The van der Waals surface area contributed by atoms with Crippen molar-refractivity contribution in [1.82, 2.24) is 5.32 Å². The van der Waals surface area contributed by atoms with Crippen LogP contribution in [-0.2, 0) is 15.7 Å². The molecule has 1 aromatic carbocycles. The third-order valence-electron chi connectivity index (χ3n) is 2.35. The fourth-order valence-electron chi connectivity index (χ4n) is 1.50. The Morgan fingerprint density at radius 1 is 1.27 bits per heavy atom. The number of thiocarbonyl (C=S) groups is 1. The third kappa shape index (κ3) is 5.59. The van der Waals surface area contributed by atoms with Crippen LogP contribution in [0.1, 0.15) is 31.9 Å². The average molecular weight is 337 g/mol. The van der Waals surface area contributed by atoms with Gasteiger partial charge in [-0.15, -0.1) is 0 Å². The molecule has 0 unspecified atom stereocenters. The molecule has 0 atom stereocenters. The summed E-state index contributed by atoms with van der Waals surface area (Å²) in [6.07, 6.45) is -4.61. The van der Waals surface area contributed by atoms with Gasteiger partial charge in [-0.25, -0.2) is 4.39 Å². The molecule has 0 radical (unpaired) electrons. The predicted octanol–water partition coefficient (Wildman–Crippen LogP) is 3.45. The van der Waals surface area contributed by atoms with Gasteiger partial charge in [0, 0.05) is 5.56 Å². The summed E-state index contributed by atoms with van der Waals surface area (Å²) < 4.78 is 56.4.